The van der Waals surface area contributed by atoms with Gasteiger partial charge in [0.15, 0.2) is 0 Å². The van der Waals surface area contributed by atoms with Gasteiger partial charge in [0.25, 0.3) is 0 Å². The predicted molar refractivity (Wildman–Crippen MR) is 124 cm³/mol. The first kappa shape index (κ1) is 22.5. The average molecular weight is 427 g/mol. The van der Waals surface area contributed by atoms with Crippen molar-refractivity contribution in [2.24, 2.45) is 5.41 Å². The molecule has 0 bridgehead atoms. The minimum absolute atomic E-state index is 0.0359. The molecule has 4 nitrogen and oxygen atoms in total. The Kier molecular flexibility index (Phi) is 7.02. The number of hydrogen-bond donors (Lipinski definition) is 0. The van der Waals surface area contributed by atoms with Crippen molar-refractivity contribution in [2.75, 3.05) is 19.6 Å². The molecule has 5 heteroatoms. The molecule has 0 aliphatic carbocycles. The average Bonchev–Trinajstić information content (AvgIpc) is 3.18. The summed E-state index contributed by atoms with van der Waals surface area (Å²) in [5.74, 6) is 0.0822. The van der Waals surface area contributed by atoms with Crippen molar-refractivity contribution < 1.29 is 9.59 Å². The predicted octanol–water partition coefficient (Wildman–Crippen LogP) is 5.21. The highest BCUT2D eigenvalue weighted by molar-refractivity contribution is 7.10. The smallest absolute Gasteiger partial charge is 0.242 e. The van der Waals surface area contributed by atoms with Crippen LogP contribution in [0.2, 0.25) is 0 Å². The van der Waals surface area contributed by atoms with Crippen LogP contribution in [0.25, 0.3) is 0 Å². The van der Waals surface area contributed by atoms with Gasteiger partial charge in [-0.1, -0.05) is 58.4 Å². The van der Waals surface area contributed by atoms with E-state index in [2.05, 4.69) is 37.4 Å². The third-order valence-corrected chi connectivity index (χ3v) is 6.80. The minimum atomic E-state index is -0.494. The van der Waals surface area contributed by atoms with Gasteiger partial charge >= 0.3 is 0 Å². The topological polar surface area (TPSA) is 40.6 Å². The second-order valence-electron chi connectivity index (χ2n) is 9.23. The van der Waals surface area contributed by atoms with Gasteiger partial charge in [0.2, 0.25) is 11.8 Å². The molecule has 2 amide bonds. The van der Waals surface area contributed by atoms with Crippen molar-refractivity contribution in [1.29, 1.82) is 0 Å². The van der Waals surface area contributed by atoms with E-state index in [1.165, 1.54) is 21.6 Å². The number of amides is 2. The maximum absolute atomic E-state index is 13.6. The Balaban J connectivity index is 1.91. The normalized spacial score (nSPS) is 16.3. The highest BCUT2D eigenvalue weighted by atomic mass is 32.1. The summed E-state index contributed by atoms with van der Waals surface area (Å²) in [6, 6.07) is 10.4. The zero-order valence-electron chi connectivity index (χ0n) is 18.9. The van der Waals surface area contributed by atoms with E-state index in [-0.39, 0.29) is 24.4 Å². The first-order valence-electron chi connectivity index (χ1n) is 10.9. The zero-order chi connectivity index (χ0) is 21.9. The SMILES string of the molecule is CCCCN(CC(=O)N1CCc2sccc2[C@@H]1c1ccccc1C)C(=O)C(C)(C)C. The molecule has 1 aromatic carbocycles. The molecular formula is C25H34N2O2S. The molecule has 1 aliphatic heterocycles. The molecule has 2 heterocycles. The number of carbonyl (C=O) groups excluding carboxylic acids is 2. The Labute approximate surface area is 184 Å². The second-order valence-corrected chi connectivity index (χ2v) is 10.2. The fourth-order valence-corrected chi connectivity index (χ4v) is 5.05. The van der Waals surface area contributed by atoms with Gasteiger partial charge in [0, 0.05) is 23.4 Å². The molecular weight excluding hydrogens is 392 g/mol. The summed E-state index contributed by atoms with van der Waals surface area (Å²) in [4.78, 5) is 31.7. The van der Waals surface area contributed by atoms with Crippen LogP contribution in [0.4, 0.5) is 0 Å². The van der Waals surface area contributed by atoms with Gasteiger partial charge in [0.1, 0.15) is 0 Å². The van der Waals surface area contributed by atoms with Gasteiger partial charge in [-0.05, 0) is 47.9 Å². The second kappa shape index (κ2) is 9.34. The molecule has 30 heavy (non-hydrogen) atoms. The third-order valence-electron chi connectivity index (χ3n) is 5.81. The summed E-state index contributed by atoms with van der Waals surface area (Å²) in [7, 11) is 0. The number of nitrogens with zero attached hydrogens (tertiary/aromatic N) is 2. The maximum Gasteiger partial charge on any atom is 0.242 e. The molecule has 0 spiro atoms. The van der Waals surface area contributed by atoms with Crippen molar-refractivity contribution >= 4 is 23.2 Å². The first-order chi connectivity index (χ1) is 14.2. The van der Waals surface area contributed by atoms with Gasteiger partial charge in [-0.3, -0.25) is 9.59 Å². The van der Waals surface area contributed by atoms with Crippen LogP contribution in [0, 0.1) is 12.3 Å². The van der Waals surface area contributed by atoms with E-state index in [0.717, 1.165) is 19.3 Å². The van der Waals surface area contributed by atoms with E-state index in [4.69, 9.17) is 0 Å². The van der Waals surface area contributed by atoms with Crippen molar-refractivity contribution in [1.82, 2.24) is 9.80 Å². The molecule has 1 atom stereocenters. The molecule has 0 saturated carbocycles. The van der Waals surface area contributed by atoms with Crippen molar-refractivity contribution in [3.63, 3.8) is 0 Å². The Morgan fingerprint density at radius 1 is 1.17 bits per heavy atom. The number of hydrogen-bond acceptors (Lipinski definition) is 3. The van der Waals surface area contributed by atoms with Crippen LogP contribution in [-0.4, -0.2) is 41.2 Å². The molecule has 3 rings (SSSR count). The maximum atomic E-state index is 13.6. The molecule has 0 unspecified atom stereocenters. The van der Waals surface area contributed by atoms with Crippen LogP contribution < -0.4 is 0 Å². The summed E-state index contributed by atoms with van der Waals surface area (Å²) in [5, 5.41) is 2.13. The van der Waals surface area contributed by atoms with Crippen LogP contribution in [0.15, 0.2) is 35.7 Å². The fraction of sp³-hybridized carbons (Fsp3) is 0.520. The third kappa shape index (κ3) is 4.77. The van der Waals surface area contributed by atoms with E-state index in [9.17, 15) is 9.59 Å². The number of thiophene rings is 1. The molecule has 0 radical (unpaired) electrons. The minimum Gasteiger partial charge on any atom is -0.333 e. The Hall–Kier alpha value is -2.14. The largest absolute Gasteiger partial charge is 0.333 e. The van der Waals surface area contributed by atoms with E-state index in [1.807, 2.05) is 37.8 Å². The van der Waals surface area contributed by atoms with Crippen LogP contribution >= 0.6 is 11.3 Å². The van der Waals surface area contributed by atoms with Crippen LogP contribution in [-0.2, 0) is 16.0 Å². The van der Waals surface area contributed by atoms with Crippen molar-refractivity contribution in [3.05, 3.63) is 57.3 Å². The van der Waals surface area contributed by atoms with Crippen LogP contribution in [0.3, 0.4) is 0 Å². The van der Waals surface area contributed by atoms with Gasteiger partial charge in [0.05, 0.1) is 12.6 Å². The van der Waals surface area contributed by atoms with Gasteiger partial charge < -0.3 is 9.80 Å². The summed E-state index contributed by atoms with van der Waals surface area (Å²) < 4.78 is 0. The number of unbranched alkanes of at least 4 members (excludes halogenated alkanes) is 1. The monoisotopic (exact) mass is 426 g/mol. The highest BCUT2D eigenvalue weighted by Gasteiger charge is 2.35. The number of fused-ring (bicyclic) bond motifs is 1. The van der Waals surface area contributed by atoms with E-state index in [1.54, 1.807) is 16.2 Å². The lowest BCUT2D eigenvalue weighted by Gasteiger charge is -2.39. The molecule has 2 aromatic rings. The lowest BCUT2D eigenvalue weighted by Crippen LogP contribution is -2.49. The standard InChI is InChI=1S/C25H34N2O2S/c1-6-7-14-26(24(29)25(3,4)5)17-22(28)27-15-12-21-20(13-16-30-21)23(27)19-11-9-8-10-18(19)2/h8-11,13,16,23H,6-7,12,14-15,17H2,1-5H3/t23-/m0/s1. The number of rotatable bonds is 6. The summed E-state index contributed by atoms with van der Waals surface area (Å²) >= 11 is 1.77. The Bertz CT molecular complexity index is 897. The van der Waals surface area contributed by atoms with E-state index < -0.39 is 5.41 Å². The lowest BCUT2D eigenvalue weighted by molar-refractivity contribution is -0.146. The van der Waals surface area contributed by atoms with Gasteiger partial charge in [-0.15, -0.1) is 11.3 Å². The fourth-order valence-electron chi connectivity index (χ4n) is 4.14. The molecule has 1 aromatic heterocycles. The highest BCUT2D eigenvalue weighted by Crippen LogP contribution is 2.39. The zero-order valence-corrected chi connectivity index (χ0v) is 19.7. The van der Waals surface area contributed by atoms with Gasteiger partial charge in [-0.25, -0.2) is 0 Å². The Morgan fingerprint density at radius 3 is 2.57 bits per heavy atom. The molecule has 162 valence electrons. The molecule has 0 saturated heterocycles. The quantitative estimate of drug-likeness (QED) is 0.636. The number of carbonyl (C=O) groups is 2. The van der Waals surface area contributed by atoms with E-state index in [0.29, 0.717) is 13.1 Å². The van der Waals surface area contributed by atoms with Gasteiger partial charge in [-0.2, -0.15) is 0 Å². The summed E-state index contributed by atoms with van der Waals surface area (Å²) in [5.41, 5.74) is 3.10. The molecule has 0 fully saturated rings. The number of benzene rings is 1. The van der Waals surface area contributed by atoms with Crippen LogP contribution in [0.1, 0.15) is 68.1 Å². The van der Waals surface area contributed by atoms with E-state index >= 15 is 0 Å². The first-order valence-corrected chi connectivity index (χ1v) is 11.8. The molecule has 1 aliphatic rings. The van der Waals surface area contributed by atoms with Crippen molar-refractivity contribution in [3.8, 4) is 0 Å². The number of aryl methyl sites for hydroxylation is 1. The summed E-state index contributed by atoms with van der Waals surface area (Å²) in [6.07, 6.45) is 2.78. The molecule has 0 N–H and O–H groups in total. The lowest BCUT2D eigenvalue weighted by atomic mass is 9.90. The van der Waals surface area contributed by atoms with Crippen molar-refractivity contribution in [2.45, 2.75) is 59.9 Å². The Morgan fingerprint density at radius 2 is 1.90 bits per heavy atom. The summed E-state index contributed by atoms with van der Waals surface area (Å²) in [6.45, 7) is 11.5. The van der Waals surface area contributed by atoms with Crippen LogP contribution in [0.5, 0.6) is 0 Å².